The summed E-state index contributed by atoms with van der Waals surface area (Å²) in [6.07, 6.45) is 3.63. The Morgan fingerprint density at radius 1 is 1.22 bits per heavy atom. The highest BCUT2D eigenvalue weighted by Crippen LogP contribution is 2.37. The van der Waals surface area contributed by atoms with Crippen molar-refractivity contribution in [2.24, 2.45) is 0 Å². The molecule has 0 spiro atoms. The zero-order chi connectivity index (χ0) is 19.0. The van der Waals surface area contributed by atoms with Gasteiger partial charge in [0.05, 0.1) is 11.6 Å². The van der Waals surface area contributed by atoms with Crippen LogP contribution in [0.5, 0.6) is 5.75 Å². The molecule has 8 nitrogen and oxygen atoms in total. The molecule has 0 saturated carbocycles. The van der Waals surface area contributed by atoms with E-state index in [1.807, 2.05) is 6.07 Å². The number of aromatic nitrogens is 2. The van der Waals surface area contributed by atoms with E-state index in [0.29, 0.717) is 19.0 Å². The van der Waals surface area contributed by atoms with Gasteiger partial charge in [-0.1, -0.05) is 6.07 Å². The van der Waals surface area contributed by atoms with Crippen molar-refractivity contribution in [2.75, 3.05) is 22.9 Å². The van der Waals surface area contributed by atoms with Crippen LogP contribution in [0.15, 0.2) is 36.7 Å². The molecule has 27 heavy (non-hydrogen) atoms. The molecule has 2 bridgehead atoms. The van der Waals surface area contributed by atoms with E-state index in [2.05, 4.69) is 24.5 Å². The van der Waals surface area contributed by atoms with Crippen LogP contribution >= 0.6 is 0 Å². The number of ether oxygens (including phenoxy) is 1. The number of halogens is 2. The molecule has 2 atom stereocenters. The number of hydroxylamine groups is 1. The largest absolute Gasteiger partial charge is 0.435 e. The number of anilines is 2. The minimum atomic E-state index is -2.85. The average Bonchev–Trinajstić information content (AvgIpc) is 3.28. The summed E-state index contributed by atoms with van der Waals surface area (Å²) in [5.74, 6) is -0.00352. The van der Waals surface area contributed by atoms with E-state index in [1.165, 1.54) is 18.5 Å². The van der Waals surface area contributed by atoms with Gasteiger partial charge in [-0.3, -0.25) is 10.0 Å². The maximum Gasteiger partial charge on any atom is 0.387 e. The first-order chi connectivity index (χ1) is 13.0. The number of carbonyl (C=O) groups is 1. The van der Waals surface area contributed by atoms with Gasteiger partial charge >= 0.3 is 6.61 Å². The second-order valence-electron chi connectivity index (χ2n) is 6.44. The number of rotatable bonds is 5. The Hall–Kier alpha value is -3.01. The number of hydrogen-bond acceptors (Lipinski definition) is 7. The first kappa shape index (κ1) is 17.4. The van der Waals surface area contributed by atoms with E-state index >= 15 is 0 Å². The third-order valence-electron chi connectivity index (χ3n) is 4.87. The van der Waals surface area contributed by atoms with Crippen LogP contribution in [-0.2, 0) is 0 Å². The minimum Gasteiger partial charge on any atom is -0.435 e. The fraction of sp³-hybridized carbons (Fsp3) is 0.353. The summed E-state index contributed by atoms with van der Waals surface area (Å²) in [7, 11) is 0. The predicted octanol–water partition coefficient (Wildman–Crippen LogP) is 1.66. The normalized spacial score (nSPS) is 21.0. The molecule has 2 N–H and O–H groups in total. The number of carbonyl (C=O) groups excluding carboxylic acids is 1. The molecule has 2 aromatic rings. The predicted molar refractivity (Wildman–Crippen MR) is 91.2 cm³/mol. The molecular weight excluding hydrogens is 360 g/mol. The molecular formula is C17H17F2N5O3. The number of fused-ring (bicyclic) bond motifs is 2. The van der Waals surface area contributed by atoms with Crippen molar-refractivity contribution in [1.29, 1.82) is 0 Å². The van der Waals surface area contributed by atoms with Gasteiger partial charge in [0.25, 0.3) is 5.91 Å². The Morgan fingerprint density at radius 2 is 1.93 bits per heavy atom. The number of amides is 1. The number of alkyl halides is 2. The smallest absolute Gasteiger partial charge is 0.387 e. The van der Waals surface area contributed by atoms with Gasteiger partial charge in [-0.15, -0.1) is 0 Å². The molecule has 4 rings (SSSR count). The Balaban J connectivity index is 1.46. The number of benzene rings is 1. The monoisotopic (exact) mass is 377 g/mol. The molecule has 3 heterocycles. The summed E-state index contributed by atoms with van der Waals surface area (Å²) in [5, 5.41) is 8.64. The molecule has 1 aromatic carbocycles. The van der Waals surface area contributed by atoms with Crippen molar-refractivity contribution in [3.05, 3.63) is 42.2 Å². The van der Waals surface area contributed by atoms with E-state index in [1.54, 1.807) is 17.6 Å². The third kappa shape index (κ3) is 3.35. The first-order valence-electron chi connectivity index (χ1n) is 8.40. The van der Waals surface area contributed by atoms with Crippen molar-refractivity contribution < 1.29 is 23.5 Å². The van der Waals surface area contributed by atoms with E-state index in [4.69, 9.17) is 5.21 Å². The molecule has 2 aliphatic heterocycles. The summed E-state index contributed by atoms with van der Waals surface area (Å²) < 4.78 is 29.3. The number of nitrogens with one attached hydrogen (secondary N) is 1. The molecule has 2 saturated heterocycles. The lowest BCUT2D eigenvalue weighted by molar-refractivity contribution is -0.0498. The fourth-order valence-corrected chi connectivity index (χ4v) is 3.72. The highest BCUT2D eigenvalue weighted by atomic mass is 19.3. The number of hydrogen-bond donors (Lipinski definition) is 2. The lowest BCUT2D eigenvalue weighted by atomic mass is 10.2. The highest BCUT2D eigenvalue weighted by Gasteiger charge is 2.44. The van der Waals surface area contributed by atoms with Crippen LogP contribution in [0.4, 0.5) is 20.4 Å². The molecule has 0 unspecified atom stereocenters. The van der Waals surface area contributed by atoms with Crippen LogP contribution in [0.3, 0.4) is 0 Å². The lowest BCUT2D eigenvalue weighted by Crippen LogP contribution is -2.47. The second kappa shape index (κ2) is 6.95. The number of nitrogens with zero attached hydrogens (tertiary/aromatic N) is 4. The molecule has 142 valence electrons. The van der Waals surface area contributed by atoms with Crippen molar-refractivity contribution in [3.63, 3.8) is 0 Å². The van der Waals surface area contributed by atoms with Gasteiger partial charge in [-0.25, -0.2) is 15.4 Å². The minimum absolute atomic E-state index is 0.142. The summed E-state index contributed by atoms with van der Waals surface area (Å²) >= 11 is 0. The summed E-state index contributed by atoms with van der Waals surface area (Å²) in [6.45, 7) is -1.44. The van der Waals surface area contributed by atoms with E-state index < -0.39 is 12.5 Å². The fourth-order valence-electron chi connectivity index (χ4n) is 3.72. The van der Waals surface area contributed by atoms with Crippen LogP contribution in [0, 0.1) is 0 Å². The maximum atomic E-state index is 12.4. The van der Waals surface area contributed by atoms with Crippen LogP contribution in [-0.4, -0.2) is 52.9 Å². The van der Waals surface area contributed by atoms with Crippen molar-refractivity contribution in [2.45, 2.75) is 25.1 Å². The van der Waals surface area contributed by atoms with Gasteiger partial charge < -0.3 is 14.5 Å². The maximum absolute atomic E-state index is 12.4. The van der Waals surface area contributed by atoms with Gasteiger partial charge in [0, 0.05) is 43.3 Å². The summed E-state index contributed by atoms with van der Waals surface area (Å²) in [5.41, 5.74) is 2.55. The summed E-state index contributed by atoms with van der Waals surface area (Å²) in [4.78, 5) is 24.0. The van der Waals surface area contributed by atoms with Crippen molar-refractivity contribution in [3.8, 4) is 5.75 Å². The third-order valence-corrected chi connectivity index (χ3v) is 4.87. The Labute approximate surface area is 153 Å². The van der Waals surface area contributed by atoms with Crippen LogP contribution in [0.25, 0.3) is 0 Å². The Bertz CT molecular complexity index is 836. The van der Waals surface area contributed by atoms with Gasteiger partial charge in [-0.05, 0) is 18.6 Å². The van der Waals surface area contributed by atoms with E-state index in [9.17, 15) is 13.6 Å². The first-order valence-corrected chi connectivity index (χ1v) is 8.40. The van der Waals surface area contributed by atoms with Crippen LogP contribution in [0.2, 0.25) is 0 Å². The lowest BCUT2D eigenvalue weighted by Gasteiger charge is -2.35. The molecule has 0 radical (unpaired) electrons. The number of piperazine rings is 1. The Kier molecular flexibility index (Phi) is 4.48. The van der Waals surface area contributed by atoms with Gasteiger partial charge in [0.15, 0.2) is 0 Å². The van der Waals surface area contributed by atoms with E-state index in [0.717, 1.165) is 12.1 Å². The van der Waals surface area contributed by atoms with E-state index in [-0.39, 0.29) is 23.4 Å². The molecule has 0 aliphatic carbocycles. The van der Waals surface area contributed by atoms with Gasteiger partial charge in [0.2, 0.25) is 5.95 Å². The zero-order valence-corrected chi connectivity index (χ0v) is 14.1. The Morgan fingerprint density at radius 3 is 2.56 bits per heavy atom. The average molecular weight is 377 g/mol. The standard InChI is InChI=1S/C17H17F2N5O3/c18-16(19)27-14-3-1-2-11(5-14)23-8-13-4-12(23)9-24(13)17-20-6-10(7-21-17)15(25)22-26/h1-3,5-7,12-13,16,26H,4,8-9H2,(H,22,25)/t12-,13-/m1/s1. The van der Waals surface area contributed by atoms with Gasteiger partial charge in [0.1, 0.15) is 5.75 Å². The molecule has 10 heteroatoms. The summed E-state index contributed by atoms with van der Waals surface area (Å²) in [6, 6.07) is 7.10. The molecule has 2 fully saturated rings. The second-order valence-corrected chi connectivity index (χ2v) is 6.44. The topological polar surface area (TPSA) is 90.8 Å². The SMILES string of the molecule is O=C(NO)c1cnc(N2C[C@H]3C[C@@H]2CN3c2cccc(OC(F)F)c2)nc1. The zero-order valence-electron chi connectivity index (χ0n) is 14.1. The quantitative estimate of drug-likeness (QED) is 0.605. The van der Waals surface area contributed by atoms with Crippen LogP contribution < -0.4 is 20.0 Å². The van der Waals surface area contributed by atoms with Crippen LogP contribution in [0.1, 0.15) is 16.8 Å². The van der Waals surface area contributed by atoms with Gasteiger partial charge in [-0.2, -0.15) is 8.78 Å². The molecule has 2 aliphatic rings. The molecule has 1 amide bonds. The van der Waals surface area contributed by atoms with Crippen molar-refractivity contribution >= 4 is 17.5 Å². The highest BCUT2D eigenvalue weighted by molar-refractivity contribution is 5.92. The molecule has 1 aromatic heterocycles. The van der Waals surface area contributed by atoms with Crippen molar-refractivity contribution in [1.82, 2.24) is 15.4 Å².